The summed E-state index contributed by atoms with van der Waals surface area (Å²) >= 11 is 1.06. The number of hydrogen-bond acceptors (Lipinski definition) is 6. The largest absolute Gasteiger partial charge is 0.401 e. The lowest BCUT2D eigenvalue weighted by molar-refractivity contribution is -0.148. The monoisotopic (exact) mass is 322 g/mol. The van der Waals surface area contributed by atoms with Crippen LogP contribution < -0.4 is 5.56 Å². The zero-order valence-electron chi connectivity index (χ0n) is 11.1. The van der Waals surface area contributed by atoms with Crippen LogP contribution >= 0.6 is 11.3 Å². The minimum absolute atomic E-state index is 0.105. The van der Waals surface area contributed by atoms with Gasteiger partial charge in [0.15, 0.2) is 0 Å². The molecule has 10 heteroatoms. The minimum atomic E-state index is -4.36. The molecule has 0 bridgehead atoms. The lowest BCUT2D eigenvalue weighted by Crippen LogP contribution is -2.35. The first-order chi connectivity index (χ1) is 9.78. The molecule has 0 saturated heterocycles. The van der Waals surface area contributed by atoms with Crippen LogP contribution in [0.3, 0.4) is 0 Å². The number of aliphatic hydroxyl groups is 1. The van der Waals surface area contributed by atoms with Gasteiger partial charge in [-0.3, -0.25) is 9.69 Å². The molecule has 0 aliphatic rings. The zero-order valence-corrected chi connectivity index (χ0v) is 11.9. The lowest BCUT2D eigenvalue weighted by atomic mass is 10.4. The van der Waals surface area contributed by atoms with Crippen LogP contribution in [0, 0.1) is 6.92 Å². The highest BCUT2D eigenvalue weighted by Gasteiger charge is 2.31. The summed E-state index contributed by atoms with van der Waals surface area (Å²) in [6.45, 7) is -0.116. The minimum Gasteiger partial charge on any atom is -0.395 e. The molecule has 0 saturated carbocycles. The highest BCUT2D eigenvalue weighted by atomic mass is 32.1. The van der Waals surface area contributed by atoms with Crippen LogP contribution in [0.4, 0.5) is 13.2 Å². The number of aromatic nitrogens is 3. The van der Waals surface area contributed by atoms with Crippen LogP contribution in [0.5, 0.6) is 0 Å². The Morgan fingerprint density at radius 1 is 1.48 bits per heavy atom. The fourth-order valence-corrected chi connectivity index (χ4v) is 2.81. The fourth-order valence-electron chi connectivity index (χ4n) is 1.82. The number of alkyl halides is 3. The van der Waals surface area contributed by atoms with Gasteiger partial charge in [0.25, 0.3) is 5.56 Å². The summed E-state index contributed by atoms with van der Waals surface area (Å²) in [4.78, 5) is 17.2. The molecular formula is C11H13F3N4O2S. The summed E-state index contributed by atoms with van der Waals surface area (Å²) in [6, 6.07) is 1.30. The van der Waals surface area contributed by atoms with Gasteiger partial charge in [-0.15, -0.1) is 0 Å². The summed E-state index contributed by atoms with van der Waals surface area (Å²) in [6.07, 6.45) is -4.36. The average Bonchev–Trinajstić information content (AvgIpc) is 2.69. The van der Waals surface area contributed by atoms with E-state index in [2.05, 4.69) is 10.1 Å². The van der Waals surface area contributed by atoms with Crippen molar-refractivity contribution < 1.29 is 18.3 Å². The Labute approximate surface area is 121 Å². The molecule has 116 valence electrons. The molecule has 2 aromatic rings. The van der Waals surface area contributed by atoms with Gasteiger partial charge in [-0.1, -0.05) is 11.3 Å². The Kier molecular flexibility index (Phi) is 4.59. The first kappa shape index (κ1) is 15.9. The highest BCUT2D eigenvalue weighted by molar-refractivity contribution is 7.16. The van der Waals surface area contributed by atoms with Gasteiger partial charge < -0.3 is 5.11 Å². The van der Waals surface area contributed by atoms with E-state index in [0.717, 1.165) is 20.8 Å². The molecule has 1 N–H and O–H groups in total. The third-order valence-corrected chi connectivity index (χ3v) is 3.49. The maximum absolute atomic E-state index is 12.4. The Bertz CT molecular complexity index is 682. The van der Waals surface area contributed by atoms with Crippen molar-refractivity contribution in [2.75, 3.05) is 19.7 Å². The Balaban J connectivity index is 2.24. The van der Waals surface area contributed by atoms with Crippen molar-refractivity contribution in [1.82, 2.24) is 19.5 Å². The molecule has 0 fully saturated rings. The van der Waals surface area contributed by atoms with Crippen molar-refractivity contribution in [3.8, 4) is 0 Å². The first-order valence-electron chi connectivity index (χ1n) is 6.05. The van der Waals surface area contributed by atoms with E-state index in [1.165, 1.54) is 6.07 Å². The van der Waals surface area contributed by atoms with Crippen molar-refractivity contribution in [3.05, 3.63) is 27.1 Å². The molecule has 2 aromatic heterocycles. The Morgan fingerprint density at radius 2 is 2.19 bits per heavy atom. The predicted molar refractivity (Wildman–Crippen MR) is 70.3 cm³/mol. The molecule has 2 rings (SSSR count). The molecule has 0 unspecified atom stereocenters. The van der Waals surface area contributed by atoms with E-state index in [-0.39, 0.29) is 18.6 Å². The van der Waals surface area contributed by atoms with Crippen LogP contribution in [0.25, 0.3) is 4.96 Å². The second kappa shape index (κ2) is 6.08. The summed E-state index contributed by atoms with van der Waals surface area (Å²) in [7, 11) is 0. The molecule has 2 heterocycles. The molecule has 21 heavy (non-hydrogen) atoms. The normalized spacial score (nSPS) is 12.5. The SMILES string of the molecule is Cc1cc(=O)n2nc(CN(CCO)CC(F)(F)F)sc2n1. The van der Waals surface area contributed by atoms with Crippen LogP contribution in [0.1, 0.15) is 10.7 Å². The molecule has 0 amide bonds. The van der Waals surface area contributed by atoms with Gasteiger partial charge in [-0.2, -0.15) is 22.8 Å². The number of fused-ring (bicyclic) bond motifs is 1. The molecule has 0 aromatic carbocycles. The number of nitrogens with zero attached hydrogens (tertiary/aromatic N) is 4. The predicted octanol–water partition coefficient (Wildman–Crippen LogP) is 0.816. The van der Waals surface area contributed by atoms with Crippen LogP contribution in [-0.2, 0) is 6.54 Å². The van der Waals surface area contributed by atoms with E-state index in [9.17, 15) is 18.0 Å². The van der Waals surface area contributed by atoms with Crippen molar-refractivity contribution in [2.24, 2.45) is 0 Å². The number of hydrogen-bond donors (Lipinski definition) is 1. The van der Waals surface area contributed by atoms with E-state index in [0.29, 0.717) is 15.7 Å². The molecule has 0 spiro atoms. The van der Waals surface area contributed by atoms with Gasteiger partial charge in [0.2, 0.25) is 4.96 Å². The summed E-state index contributed by atoms with van der Waals surface area (Å²) in [5, 5.41) is 13.1. The van der Waals surface area contributed by atoms with Crippen LogP contribution in [-0.4, -0.2) is 50.5 Å². The van der Waals surface area contributed by atoms with E-state index in [1.807, 2.05) is 0 Å². The molecule has 0 aliphatic carbocycles. The third-order valence-electron chi connectivity index (χ3n) is 2.59. The maximum Gasteiger partial charge on any atom is 0.401 e. The molecular weight excluding hydrogens is 309 g/mol. The molecule has 0 aliphatic heterocycles. The molecule has 6 nitrogen and oxygen atoms in total. The molecule has 0 atom stereocenters. The van der Waals surface area contributed by atoms with Crippen LogP contribution in [0.2, 0.25) is 0 Å². The van der Waals surface area contributed by atoms with E-state index < -0.39 is 19.3 Å². The van der Waals surface area contributed by atoms with Gasteiger partial charge >= 0.3 is 6.18 Å². The van der Waals surface area contributed by atoms with E-state index in [4.69, 9.17) is 5.11 Å². The second-order valence-electron chi connectivity index (χ2n) is 4.48. The summed E-state index contributed by atoms with van der Waals surface area (Å²) in [5.41, 5.74) is 0.155. The standard InChI is InChI=1S/C11H13F3N4O2S/c1-7-4-9(20)18-10(15-7)21-8(16-18)5-17(2-3-19)6-11(12,13)14/h4,19H,2-3,5-6H2,1H3. The van der Waals surface area contributed by atoms with Gasteiger partial charge in [0, 0.05) is 18.3 Å². The fraction of sp³-hybridized carbons (Fsp3) is 0.545. The lowest BCUT2D eigenvalue weighted by Gasteiger charge is -2.21. The van der Waals surface area contributed by atoms with Crippen LogP contribution in [0.15, 0.2) is 10.9 Å². The maximum atomic E-state index is 12.4. The van der Waals surface area contributed by atoms with Gasteiger partial charge in [0.05, 0.1) is 19.7 Å². The van der Waals surface area contributed by atoms with E-state index in [1.54, 1.807) is 6.92 Å². The Hall–Kier alpha value is -1.52. The van der Waals surface area contributed by atoms with Gasteiger partial charge in [-0.25, -0.2) is 4.98 Å². The smallest absolute Gasteiger partial charge is 0.395 e. The van der Waals surface area contributed by atoms with Crippen molar-refractivity contribution in [2.45, 2.75) is 19.6 Å². The molecule has 0 radical (unpaired) electrons. The van der Waals surface area contributed by atoms with E-state index >= 15 is 0 Å². The highest BCUT2D eigenvalue weighted by Crippen LogP contribution is 2.19. The topological polar surface area (TPSA) is 70.7 Å². The van der Waals surface area contributed by atoms with Crippen molar-refractivity contribution in [3.63, 3.8) is 0 Å². The quantitative estimate of drug-likeness (QED) is 0.882. The van der Waals surface area contributed by atoms with Gasteiger partial charge in [0.1, 0.15) is 5.01 Å². The summed E-state index contributed by atoms with van der Waals surface area (Å²) < 4.78 is 38.4. The number of aliphatic hydroxyl groups excluding tert-OH is 1. The third kappa shape index (κ3) is 4.22. The van der Waals surface area contributed by atoms with Crippen molar-refractivity contribution >= 4 is 16.3 Å². The Morgan fingerprint density at radius 3 is 2.81 bits per heavy atom. The number of aryl methyl sites for hydroxylation is 1. The van der Waals surface area contributed by atoms with Gasteiger partial charge in [-0.05, 0) is 6.92 Å². The second-order valence-corrected chi connectivity index (χ2v) is 5.52. The summed E-state index contributed by atoms with van der Waals surface area (Å²) in [5.74, 6) is 0. The number of halogens is 3. The zero-order chi connectivity index (χ0) is 15.6. The first-order valence-corrected chi connectivity index (χ1v) is 6.86. The van der Waals surface area contributed by atoms with Crippen molar-refractivity contribution in [1.29, 1.82) is 0 Å². The average molecular weight is 322 g/mol. The number of rotatable bonds is 5.